The third kappa shape index (κ3) is 3.87. The van der Waals surface area contributed by atoms with Gasteiger partial charge in [0.25, 0.3) is 0 Å². The fourth-order valence-corrected chi connectivity index (χ4v) is 3.10. The number of rotatable bonds is 7. The molecule has 0 spiro atoms. The van der Waals surface area contributed by atoms with E-state index in [4.69, 9.17) is 9.42 Å². The lowest BCUT2D eigenvalue weighted by atomic mass is 9.67. The maximum Gasteiger partial charge on any atom is 0.317 e. The summed E-state index contributed by atoms with van der Waals surface area (Å²) in [5.41, 5.74) is -0.574. The Bertz CT molecular complexity index is 236. The standard InChI is InChI=1S/C12H27O3P/c1-7-11(5,8-2)12(6,9-10(3)4)15-16(13)14/h10,16H,7-9H2,1-6H3,(H,13,14). The first-order valence-electron chi connectivity index (χ1n) is 6.12. The van der Waals surface area contributed by atoms with Crippen molar-refractivity contribution >= 4 is 8.25 Å². The molecule has 16 heavy (non-hydrogen) atoms. The third-order valence-electron chi connectivity index (χ3n) is 3.95. The molecule has 0 aromatic heterocycles. The van der Waals surface area contributed by atoms with Gasteiger partial charge < -0.3 is 9.42 Å². The van der Waals surface area contributed by atoms with E-state index in [2.05, 4.69) is 34.6 Å². The Balaban J connectivity index is 5.10. The number of hydrogen-bond donors (Lipinski definition) is 1. The minimum absolute atomic E-state index is 0.0552. The van der Waals surface area contributed by atoms with E-state index in [0.717, 1.165) is 19.3 Å². The van der Waals surface area contributed by atoms with E-state index in [0.29, 0.717) is 5.92 Å². The molecule has 0 fully saturated rings. The molecule has 2 atom stereocenters. The molecule has 0 aliphatic carbocycles. The van der Waals surface area contributed by atoms with Gasteiger partial charge in [0.2, 0.25) is 0 Å². The lowest BCUT2D eigenvalue weighted by Gasteiger charge is -2.45. The van der Waals surface area contributed by atoms with E-state index in [9.17, 15) is 4.57 Å². The summed E-state index contributed by atoms with van der Waals surface area (Å²) < 4.78 is 16.4. The lowest BCUT2D eigenvalue weighted by Crippen LogP contribution is -2.45. The smallest absolute Gasteiger partial charge is 0.317 e. The van der Waals surface area contributed by atoms with E-state index in [1.807, 2.05) is 6.92 Å². The first kappa shape index (κ1) is 16.1. The minimum Gasteiger partial charge on any atom is -0.326 e. The molecule has 0 aromatic carbocycles. The lowest BCUT2D eigenvalue weighted by molar-refractivity contribution is -0.0586. The molecule has 0 aliphatic heterocycles. The van der Waals surface area contributed by atoms with Crippen LogP contribution in [0.1, 0.15) is 60.8 Å². The molecular formula is C12H27O3P. The van der Waals surface area contributed by atoms with Crippen LogP contribution >= 0.6 is 8.25 Å². The van der Waals surface area contributed by atoms with Gasteiger partial charge in [0.1, 0.15) is 0 Å². The Hall–Kier alpha value is 0.150. The fraction of sp³-hybridized carbons (Fsp3) is 1.00. The molecule has 0 amide bonds. The SMILES string of the molecule is CCC(C)(CC)C(C)(CC(C)C)O[PH](=O)O. The summed E-state index contributed by atoms with van der Waals surface area (Å²) in [4.78, 5) is 9.08. The van der Waals surface area contributed by atoms with Gasteiger partial charge in [-0.05, 0) is 37.5 Å². The van der Waals surface area contributed by atoms with Gasteiger partial charge in [0, 0.05) is 0 Å². The Morgan fingerprint density at radius 1 is 1.25 bits per heavy atom. The Morgan fingerprint density at radius 3 is 1.94 bits per heavy atom. The van der Waals surface area contributed by atoms with Crippen molar-refractivity contribution in [3.8, 4) is 0 Å². The van der Waals surface area contributed by atoms with Crippen molar-refractivity contribution in [3.05, 3.63) is 0 Å². The molecule has 4 heteroatoms. The highest BCUT2D eigenvalue weighted by Gasteiger charge is 2.44. The Kier molecular flexibility index (Phi) is 6.24. The molecule has 0 saturated carbocycles. The van der Waals surface area contributed by atoms with Crippen LogP contribution in [-0.4, -0.2) is 10.5 Å². The molecule has 3 nitrogen and oxygen atoms in total. The molecule has 98 valence electrons. The summed E-state index contributed by atoms with van der Waals surface area (Å²) in [5.74, 6) is 0.448. The molecule has 0 bridgehead atoms. The van der Waals surface area contributed by atoms with Crippen LogP contribution in [0, 0.1) is 11.3 Å². The first-order chi connectivity index (χ1) is 7.20. The van der Waals surface area contributed by atoms with Crippen LogP contribution in [0.4, 0.5) is 0 Å². The molecule has 2 unspecified atom stereocenters. The van der Waals surface area contributed by atoms with Gasteiger partial charge in [-0.25, -0.2) is 0 Å². The van der Waals surface area contributed by atoms with Crippen molar-refractivity contribution in [2.75, 3.05) is 0 Å². The zero-order valence-corrected chi connectivity index (χ0v) is 12.5. The second-order valence-electron chi connectivity index (χ2n) is 5.46. The zero-order valence-electron chi connectivity index (χ0n) is 11.5. The highest BCUT2D eigenvalue weighted by Crippen LogP contribution is 2.48. The van der Waals surface area contributed by atoms with Crippen molar-refractivity contribution in [2.24, 2.45) is 11.3 Å². The van der Waals surface area contributed by atoms with Gasteiger partial charge in [-0.1, -0.05) is 34.6 Å². The minimum atomic E-state index is -2.89. The average molecular weight is 250 g/mol. The van der Waals surface area contributed by atoms with Crippen LogP contribution in [0.15, 0.2) is 0 Å². The van der Waals surface area contributed by atoms with E-state index in [1.165, 1.54) is 0 Å². The second kappa shape index (κ2) is 6.18. The van der Waals surface area contributed by atoms with Crippen LogP contribution in [0.3, 0.4) is 0 Å². The largest absolute Gasteiger partial charge is 0.326 e. The van der Waals surface area contributed by atoms with E-state index >= 15 is 0 Å². The molecule has 0 aliphatic rings. The summed E-state index contributed by atoms with van der Waals surface area (Å²) >= 11 is 0. The van der Waals surface area contributed by atoms with Crippen LogP contribution < -0.4 is 0 Å². The predicted octanol–water partition coefficient (Wildman–Crippen LogP) is 4.02. The first-order valence-corrected chi connectivity index (χ1v) is 7.39. The van der Waals surface area contributed by atoms with Crippen LogP contribution in [-0.2, 0) is 9.09 Å². The van der Waals surface area contributed by atoms with E-state index in [1.54, 1.807) is 0 Å². The van der Waals surface area contributed by atoms with Crippen molar-refractivity contribution in [3.63, 3.8) is 0 Å². The molecule has 0 aromatic rings. The third-order valence-corrected chi connectivity index (χ3v) is 4.57. The summed E-state index contributed by atoms with van der Waals surface area (Å²) in [7, 11) is -2.89. The second-order valence-corrected chi connectivity index (χ2v) is 6.20. The summed E-state index contributed by atoms with van der Waals surface area (Å²) in [5, 5.41) is 0. The Morgan fingerprint density at radius 2 is 1.69 bits per heavy atom. The average Bonchev–Trinajstić information content (AvgIpc) is 2.13. The maximum atomic E-state index is 11.0. The molecule has 0 heterocycles. The summed E-state index contributed by atoms with van der Waals surface area (Å²) in [6.45, 7) is 12.6. The summed E-state index contributed by atoms with van der Waals surface area (Å²) in [6.07, 6.45) is 2.70. The summed E-state index contributed by atoms with van der Waals surface area (Å²) in [6, 6.07) is 0. The predicted molar refractivity (Wildman–Crippen MR) is 68.9 cm³/mol. The van der Waals surface area contributed by atoms with Gasteiger partial charge in [-0.2, -0.15) is 0 Å². The van der Waals surface area contributed by atoms with Crippen molar-refractivity contribution < 1.29 is 14.0 Å². The molecular weight excluding hydrogens is 223 g/mol. The fourth-order valence-electron chi connectivity index (χ4n) is 2.38. The van der Waals surface area contributed by atoms with E-state index < -0.39 is 13.9 Å². The van der Waals surface area contributed by atoms with Gasteiger partial charge >= 0.3 is 8.25 Å². The van der Waals surface area contributed by atoms with Crippen LogP contribution in [0.2, 0.25) is 0 Å². The van der Waals surface area contributed by atoms with Crippen molar-refractivity contribution in [1.82, 2.24) is 0 Å². The highest BCUT2D eigenvalue weighted by atomic mass is 31.1. The van der Waals surface area contributed by atoms with Crippen molar-refractivity contribution in [1.29, 1.82) is 0 Å². The van der Waals surface area contributed by atoms with Gasteiger partial charge in [0.15, 0.2) is 0 Å². The highest BCUT2D eigenvalue weighted by molar-refractivity contribution is 7.32. The zero-order chi connectivity index (χ0) is 13.0. The molecule has 0 rings (SSSR count). The quantitative estimate of drug-likeness (QED) is 0.694. The van der Waals surface area contributed by atoms with Gasteiger partial charge in [-0.15, -0.1) is 0 Å². The van der Waals surface area contributed by atoms with Gasteiger partial charge in [0.05, 0.1) is 5.60 Å². The van der Waals surface area contributed by atoms with E-state index in [-0.39, 0.29) is 5.41 Å². The monoisotopic (exact) mass is 250 g/mol. The maximum absolute atomic E-state index is 11.0. The topological polar surface area (TPSA) is 46.5 Å². The Labute approximate surface area is 101 Å². The van der Waals surface area contributed by atoms with Crippen LogP contribution in [0.25, 0.3) is 0 Å². The molecule has 0 saturated heterocycles. The normalized spacial score (nSPS) is 18.5. The van der Waals surface area contributed by atoms with Crippen molar-refractivity contribution in [2.45, 2.75) is 66.4 Å². The molecule has 1 N–H and O–H groups in total. The van der Waals surface area contributed by atoms with Crippen LogP contribution in [0.5, 0.6) is 0 Å². The molecule has 0 radical (unpaired) electrons. The van der Waals surface area contributed by atoms with Gasteiger partial charge in [-0.3, -0.25) is 4.57 Å². The number of hydrogen-bond acceptors (Lipinski definition) is 2.